The number of ketones is 1. The fourth-order valence-electron chi connectivity index (χ4n) is 1.24. The van der Waals surface area contributed by atoms with E-state index < -0.39 is 0 Å². The first-order valence-corrected chi connectivity index (χ1v) is 5.73. The van der Waals surface area contributed by atoms with Gasteiger partial charge < -0.3 is 4.74 Å². The van der Waals surface area contributed by atoms with Crippen LogP contribution in [-0.2, 0) is 4.74 Å². The van der Waals surface area contributed by atoms with Gasteiger partial charge in [-0.3, -0.25) is 4.79 Å². The molecule has 1 aliphatic heterocycles. The number of carbonyl (C=O) groups excluding carboxylic acids is 1. The van der Waals surface area contributed by atoms with Crippen molar-refractivity contribution >= 4 is 22.8 Å². The molecule has 0 N–H and O–H groups in total. The first-order valence-electron chi connectivity index (χ1n) is 4.74. The second-order valence-electron chi connectivity index (χ2n) is 3.07. The number of aliphatic imine (C=N–C) groups is 1. The number of hydrogen-bond acceptors (Lipinski definition) is 4. The van der Waals surface area contributed by atoms with Gasteiger partial charge in [-0.2, -0.15) is 0 Å². The van der Waals surface area contributed by atoms with Gasteiger partial charge in [-0.25, -0.2) is 4.99 Å². The minimum absolute atomic E-state index is 0.110. The van der Waals surface area contributed by atoms with Gasteiger partial charge in [0, 0.05) is 5.56 Å². The smallest absolute Gasteiger partial charge is 0.246 e. The van der Waals surface area contributed by atoms with Crippen LogP contribution in [0.1, 0.15) is 10.4 Å². The van der Waals surface area contributed by atoms with E-state index in [1.165, 1.54) is 11.8 Å². The van der Waals surface area contributed by atoms with Crippen LogP contribution in [0.25, 0.3) is 0 Å². The van der Waals surface area contributed by atoms with Crippen LogP contribution in [0.3, 0.4) is 0 Å². The normalized spacial score (nSPS) is 14.5. The van der Waals surface area contributed by atoms with Crippen LogP contribution in [0.2, 0.25) is 0 Å². The molecule has 0 saturated heterocycles. The van der Waals surface area contributed by atoms with Crippen LogP contribution < -0.4 is 0 Å². The fraction of sp³-hybridized carbons (Fsp3) is 0.273. The summed E-state index contributed by atoms with van der Waals surface area (Å²) in [5, 5.41) is 0.638. The molecule has 0 amide bonds. The number of benzene rings is 1. The summed E-state index contributed by atoms with van der Waals surface area (Å²) in [6, 6.07) is 9.26. The highest BCUT2D eigenvalue weighted by molar-refractivity contribution is 8.14. The molecule has 1 aliphatic rings. The van der Waals surface area contributed by atoms with Gasteiger partial charge in [0.25, 0.3) is 0 Å². The fourth-order valence-corrected chi connectivity index (χ4v) is 2.01. The molecular weight excluding hydrogens is 210 g/mol. The highest BCUT2D eigenvalue weighted by atomic mass is 32.2. The van der Waals surface area contributed by atoms with Crippen molar-refractivity contribution in [1.82, 2.24) is 0 Å². The molecule has 0 atom stereocenters. The molecule has 0 saturated carbocycles. The quantitative estimate of drug-likeness (QED) is 0.733. The van der Waals surface area contributed by atoms with E-state index in [9.17, 15) is 4.79 Å². The van der Waals surface area contributed by atoms with Gasteiger partial charge in [-0.05, 0) is 0 Å². The Morgan fingerprint density at radius 2 is 2.20 bits per heavy atom. The van der Waals surface area contributed by atoms with Crippen molar-refractivity contribution in [2.24, 2.45) is 4.99 Å². The number of ether oxygens (including phenoxy) is 1. The SMILES string of the molecule is O=C(CSC1=NCCO1)c1ccccc1. The molecule has 15 heavy (non-hydrogen) atoms. The van der Waals surface area contributed by atoms with Crippen molar-refractivity contribution in [1.29, 1.82) is 0 Å². The first-order chi connectivity index (χ1) is 7.36. The molecule has 2 rings (SSSR count). The Kier molecular flexibility index (Phi) is 3.40. The lowest BCUT2D eigenvalue weighted by Gasteiger charge is -2.00. The number of carbonyl (C=O) groups is 1. The topological polar surface area (TPSA) is 38.7 Å². The van der Waals surface area contributed by atoms with Crippen molar-refractivity contribution in [3.63, 3.8) is 0 Å². The van der Waals surface area contributed by atoms with Crippen molar-refractivity contribution in [3.05, 3.63) is 35.9 Å². The zero-order chi connectivity index (χ0) is 10.5. The predicted octanol–water partition coefficient (Wildman–Crippen LogP) is 1.99. The monoisotopic (exact) mass is 221 g/mol. The third-order valence-electron chi connectivity index (χ3n) is 1.98. The third-order valence-corrected chi connectivity index (χ3v) is 2.88. The second kappa shape index (κ2) is 4.98. The summed E-state index contributed by atoms with van der Waals surface area (Å²) >= 11 is 1.37. The lowest BCUT2D eigenvalue weighted by Crippen LogP contribution is -2.05. The number of nitrogens with zero attached hydrogens (tertiary/aromatic N) is 1. The molecule has 0 spiro atoms. The lowest BCUT2D eigenvalue weighted by atomic mass is 10.2. The van der Waals surface area contributed by atoms with Crippen molar-refractivity contribution in [2.75, 3.05) is 18.9 Å². The summed E-state index contributed by atoms with van der Waals surface area (Å²) in [4.78, 5) is 15.8. The molecule has 78 valence electrons. The number of Topliss-reactive ketones (excluding diaryl/α,β-unsaturated/α-hetero) is 1. The Morgan fingerprint density at radius 1 is 1.40 bits per heavy atom. The van der Waals surface area contributed by atoms with Crippen LogP contribution in [0.5, 0.6) is 0 Å². The van der Waals surface area contributed by atoms with E-state index in [0.29, 0.717) is 24.1 Å². The number of thioether (sulfide) groups is 1. The zero-order valence-corrected chi connectivity index (χ0v) is 9.00. The van der Waals surface area contributed by atoms with Crippen LogP contribution >= 0.6 is 11.8 Å². The molecule has 1 aromatic rings. The van der Waals surface area contributed by atoms with E-state index in [4.69, 9.17) is 4.74 Å². The summed E-state index contributed by atoms with van der Waals surface area (Å²) in [5.41, 5.74) is 0.739. The first kappa shape index (κ1) is 10.2. The third kappa shape index (κ3) is 2.83. The van der Waals surface area contributed by atoms with Crippen molar-refractivity contribution in [3.8, 4) is 0 Å². The Balaban J connectivity index is 1.87. The Morgan fingerprint density at radius 3 is 2.87 bits per heavy atom. The Bertz CT molecular complexity index is 375. The van der Waals surface area contributed by atoms with Crippen LogP contribution in [0, 0.1) is 0 Å². The second-order valence-corrected chi connectivity index (χ2v) is 4.00. The molecule has 0 bridgehead atoms. The molecule has 3 nitrogen and oxygen atoms in total. The van der Waals surface area contributed by atoms with Gasteiger partial charge in [0.1, 0.15) is 6.61 Å². The largest absolute Gasteiger partial charge is 0.471 e. The van der Waals surface area contributed by atoms with E-state index in [1.807, 2.05) is 30.3 Å². The van der Waals surface area contributed by atoms with E-state index in [1.54, 1.807) is 0 Å². The summed E-state index contributed by atoms with van der Waals surface area (Å²) < 4.78 is 5.20. The van der Waals surface area contributed by atoms with Crippen molar-refractivity contribution < 1.29 is 9.53 Å². The summed E-state index contributed by atoms with van der Waals surface area (Å²) in [6.45, 7) is 1.35. The minimum Gasteiger partial charge on any atom is -0.471 e. The molecular formula is C11H11NO2S. The van der Waals surface area contributed by atoms with Crippen LogP contribution in [0.15, 0.2) is 35.3 Å². The van der Waals surface area contributed by atoms with Gasteiger partial charge in [-0.15, -0.1) is 0 Å². The molecule has 1 heterocycles. The van der Waals surface area contributed by atoms with Crippen LogP contribution in [0.4, 0.5) is 0 Å². The highest BCUT2D eigenvalue weighted by Crippen LogP contribution is 2.12. The molecule has 0 aliphatic carbocycles. The van der Waals surface area contributed by atoms with Gasteiger partial charge in [0.05, 0.1) is 12.3 Å². The standard InChI is InChI=1S/C11H11NO2S/c13-10(9-4-2-1-3-5-9)8-15-11-12-6-7-14-11/h1-5H,6-8H2. The average molecular weight is 221 g/mol. The minimum atomic E-state index is 0.110. The Hall–Kier alpha value is -1.29. The van der Waals surface area contributed by atoms with Gasteiger partial charge >= 0.3 is 0 Å². The molecule has 0 aromatic heterocycles. The number of hydrogen-bond donors (Lipinski definition) is 0. The number of rotatable bonds is 3. The van der Waals surface area contributed by atoms with Crippen LogP contribution in [-0.4, -0.2) is 29.9 Å². The van der Waals surface area contributed by atoms with E-state index in [0.717, 1.165) is 5.56 Å². The summed E-state index contributed by atoms with van der Waals surface area (Å²) in [6.07, 6.45) is 0. The maximum Gasteiger partial charge on any atom is 0.246 e. The molecule has 1 aromatic carbocycles. The molecule has 4 heteroatoms. The Labute approximate surface area is 92.5 Å². The van der Waals surface area contributed by atoms with E-state index in [-0.39, 0.29) is 5.78 Å². The highest BCUT2D eigenvalue weighted by Gasteiger charge is 2.11. The van der Waals surface area contributed by atoms with Gasteiger partial charge in [0.2, 0.25) is 5.23 Å². The predicted molar refractivity (Wildman–Crippen MR) is 61.5 cm³/mol. The summed E-state index contributed by atoms with van der Waals surface area (Å²) in [7, 11) is 0. The molecule has 0 radical (unpaired) electrons. The molecule has 0 unspecified atom stereocenters. The lowest BCUT2D eigenvalue weighted by molar-refractivity contribution is 0.102. The molecule has 0 fully saturated rings. The zero-order valence-electron chi connectivity index (χ0n) is 8.18. The summed E-state index contributed by atoms with van der Waals surface area (Å²) in [5.74, 6) is 0.502. The van der Waals surface area contributed by atoms with Gasteiger partial charge in [0.15, 0.2) is 5.78 Å². The van der Waals surface area contributed by atoms with E-state index >= 15 is 0 Å². The average Bonchev–Trinajstić information content (AvgIpc) is 2.80. The van der Waals surface area contributed by atoms with E-state index in [2.05, 4.69) is 4.99 Å². The maximum absolute atomic E-state index is 11.7. The maximum atomic E-state index is 11.7. The van der Waals surface area contributed by atoms with Crippen molar-refractivity contribution in [2.45, 2.75) is 0 Å². The van der Waals surface area contributed by atoms with Gasteiger partial charge in [-0.1, -0.05) is 42.1 Å².